The number of carbonyl (C=O) groups is 2. The molecule has 2 amide bonds. The van der Waals surface area contributed by atoms with Crippen molar-refractivity contribution < 1.29 is 14.3 Å². The van der Waals surface area contributed by atoms with E-state index in [9.17, 15) is 9.59 Å². The minimum Gasteiger partial charge on any atom is -0.382 e. The minimum absolute atomic E-state index is 0.120. The molecule has 0 unspecified atom stereocenters. The number of hydrogen-bond acceptors (Lipinski definition) is 4. The maximum atomic E-state index is 12.5. The van der Waals surface area contributed by atoms with Crippen LogP contribution in [-0.4, -0.2) is 48.6 Å². The van der Waals surface area contributed by atoms with Gasteiger partial charge in [0.2, 0.25) is 5.91 Å². The van der Waals surface area contributed by atoms with Crippen LogP contribution in [0.4, 0.5) is 4.79 Å². The molecule has 1 aromatic rings. The van der Waals surface area contributed by atoms with Crippen LogP contribution in [0.25, 0.3) is 0 Å². The number of halogens is 1. The Morgan fingerprint density at radius 1 is 1.52 bits per heavy atom. The molecule has 1 aromatic carbocycles. The van der Waals surface area contributed by atoms with E-state index in [0.717, 1.165) is 17.3 Å². The molecule has 0 radical (unpaired) electrons. The van der Waals surface area contributed by atoms with Crippen molar-refractivity contribution in [2.24, 2.45) is 0 Å². The van der Waals surface area contributed by atoms with E-state index in [1.54, 1.807) is 31.2 Å². The number of amides is 2. The lowest BCUT2D eigenvalue weighted by atomic mass is 10.1. The van der Waals surface area contributed by atoms with Crippen LogP contribution in [0.2, 0.25) is 5.02 Å². The first kappa shape index (κ1) is 16.1. The number of methoxy groups -OCH3 is 1. The number of rotatable bonds is 5. The second kappa shape index (κ2) is 7.15. The molecular weight excluding hydrogens is 312 g/mol. The van der Waals surface area contributed by atoms with Gasteiger partial charge in [0.25, 0.3) is 5.24 Å². The van der Waals surface area contributed by atoms with Gasteiger partial charge in [0, 0.05) is 24.9 Å². The zero-order valence-electron chi connectivity index (χ0n) is 11.8. The fourth-order valence-corrected chi connectivity index (χ4v) is 3.09. The molecule has 1 aliphatic heterocycles. The average molecular weight is 329 g/mol. The Bertz CT molecular complexity index is 523. The van der Waals surface area contributed by atoms with Gasteiger partial charge in [-0.15, -0.1) is 0 Å². The summed E-state index contributed by atoms with van der Waals surface area (Å²) in [6.45, 7) is 0.373. The van der Waals surface area contributed by atoms with E-state index in [0.29, 0.717) is 17.4 Å². The predicted molar refractivity (Wildman–Crippen MR) is 83.6 cm³/mol. The van der Waals surface area contributed by atoms with Gasteiger partial charge in [0.15, 0.2) is 0 Å². The number of hydrogen-bond donors (Lipinski definition) is 1. The van der Waals surface area contributed by atoms with E-state index in [4.69, 9.17) is 16.3 Å². The molecule has 0 bridgehead atoms. The van der Waals surface area contributed by atoms with Crippen LogP contribution < -0.4 is 5.32 Å². The maximum Gasteiger partial charge on any atom is 0.279 e. The predicted octanol–water partition coefficient (Wildman–Crippen LogP) is 2.31. The molecule has 7 heteroatoms. The zero-order valence-corrected chi connectivity index (χ0v) is 13.4. The van der Waals surface area contributed by atoms with Crippen molar-refractivity contribution in [3.8, 4) is 0 Å². The summed E-state index contributed by atoms with van der Waals surface area (Å²) in [6, 6.07) is 6.62. The summed E-state index contributed by atoms with van der Waals surface area (Å²) in [5.74, 6) is 0.341. The number of thioether (sulfide) groups is 1. The molecule has 21 heavy (non-hydrogen) atoms. The average Bonchev–Trinajstić information content (AvgIpc) is 2.91. The highest BCUT2D eigenvalue weighted by Crippen LogP contribution is 2.24. The first-order chi connectivity index (χ1) is 10.0. The second-order valence-corrected chi connectivity index (χ2v) is 6.20. The van der Waals surface area contributed by atoms with E-state index in [-0.39, 0.29) is 17.2 Å². The van der Waals surface area contributed by atoms with Gasteiger partial charge in [-0.1, -0.05) is 35.5 Å². The summed E-state index contributed by atoms with van der Waals surface area (Å²) in [7, 11) is 3.31. The molecule has 1 aliphatic rings. The molecule has 1 heterocycles. The molecule has 114 valence electrons. The zero-order chi connectivity index (χ0) is 15.4. The van der Waals surface area contributed by atoms with Crippen molar-refractivity contribution in [1.82, 2.24) is 10.2 Å². The van der Waals surface area contributed by atoms with Gasteiger partial charge in [0.1, 0.15) is 6.04 Å². The third-order valence-corrected chi connectivity index (χ3v) is 4.50. The third-order valence-electron chi connectivity index (χ3n) is 3.37. The summed E-state index contributed by atoms with van der Waals surface area (Å²) in [6.07, 6.45) is 0. The number of carbonyl (C=O) groups excluding carboxylic acids is 2. The van der Waals surface area contributed by atoms with E-state index in [1.807, 2.05) is 12.1 Å². The van der Waals surface area contributed by atoms with E-state index in [1.165, 1.54) is 0 Å². The van der Waals surface area contributed by atoms with Gasteiger partial charge in [0.05, 0.1) is 12.6 Å². The van der Waals surface area contributed by atoms with E-state index < -0.39 is 6.04 Å². The summed E-state index contributed by atoms with van der Waals surface area (Å²) >= 11 is 7.02. The first-order valence-electron chi connectivity index (χ1n) is 6.47. The van der Waals surface area contributed by atoms with Crippen molar-refractivity contribution >= 4 is 34.5 Å². The number of benzene rings is 1. The summed E-state index contributed by atoms with van der Waals surface area (Å²) < 4.78 is 5.22. The van der Waals surface area contributed by atoms with Gasteiger partial charge in [-0.25, -0.2) is 0 Å². The lowest BCUT2D eigenvalue weighted by molar-refractivity contribution is -0.134. The highest BCUT2D eigenvalue weighted by Gasteiger charge is 2.33. The van der Waals surface area contributed by atoms with Crippen LogP contribution in [0.15, 0.2) is 24.3 Å². The number of likely N-dealkylation sites (N-methyl/N-ethyl adjacent to an activating group) is 1. The van der Waals surface area contributed by atoms with E-state index >= 15 is 0 Å². The molecule has 5 nitrogen and oxygen atoms in total. The molecular formula is C14H17ClN2O3S. The highest BCUT2D eigenvalue weighted by molar-refractivity contribution is 8.14. The Morgan fingerprint density at radius 3 is 2.71 bits per heavy atom. The van der Waals surface area contributed by atoms with Crippen molar-refractivity contribution in [2.45, 2.75) is 12.1 Å². The quantitative estimate of drug-likeness (QED) is 0.901. The summed E-state index contributed by atoms with van der Waals surface area (Å²) in [5, 5.41) is 3.15. The molecule has 0 aliphatic carbocycles. The lowest BCUT2D eigenvalue weighted by Gasteiger charge is -2.30. The Hall–Kier alpha value is -1.24. The largest absolute Gasteiger partial charge is 0.382 e. The topological polar surface area (TPSA) is 58.6 Å². The van der Waals surface area contributed by atoms with Crippen LogP contribution in [0.5, 0.6) is 0 Å². The smallest absolute Gasteiger partial charge is 0.279 e. The van der Waals surface area contributed by atoms with Crippen LogP contribution in [-0.2, 0) is 9.53 Å². The minimum atomic E-state index is -0.473. The lowest BCUT2D eigenvalue weighted by Crippen LogP contribution is -2.46. The van der Waals surface area contributed by atoms with Crippen LogP contribution in [0.3, 0.4) is 0 Å². The van der Waals surface area contributed by atoms with Gasteiger partial charge in [-0.3, -0.25) is 9.59 Å². The van der Waals surface area contributed by atoms with Crippen molar-refractivity contribution in [3.63, 3.8) is 0 Å². The van der Waals surface area contributed by atoms with Crippen molar-refractivity contribution in [3.05, 3.63) is 34.9 Å². The Labute approximate surface area is 133 Å². The molecule has 1 saturated heterocycles. The van der Waals surface area contributed by atoms with Crippen molar-refractivity contribution in [1.29, 1.82) is 0 Å². The standard InChI is InChI=1S/C14H17ClN2O3S/c1-17(13(18)11-8-21-14(19)16-11)12(7-20-2)9-3-5-10(15)6-4-9/h3-6,11-12H,7-8H2,1-2H3,(H,16,19)/t11-,12-/m0/s1. The monoisotopic (exact) mass is 328 g/mol. The Kier molecular flexibility index (Phi) is 5.50. The van der Waals surface area contributed by atoms with Crippen LogP contribution in [0, 0.1) is 0 Å². The Balaban J connectivity index is 2.14. The first-order valence-corrected chi connectivity index (χ1v) is 7.83. The Morgan fingerprint density at radius 2 is 2.19 bits per heavy atom. The summed E-state index contributed by atoms with van der Waals surface area (Å²) in [4.78, 5) is 25.3. The molecule has 1 N–H and O–H groups in total. The number of nitrogens with zero attached hydrogens (tertiary/aromatic N) is 1. The van der Waals surface area contributed by atoms with E-state index in [2.05, 4.69) is 5.32 Å². The fourth-order valence-electron chi connectivity index (χ4n) is 2.19. The normalized spacial score (nSPS) is 19.2. The van der Waals surface area contributed by atoms with Crippen molar-refractivity contribution in [2.75, 3.05) is 26.5 Å². The maximum absolute atomic E-state index is 12.5. The molecule has 2 rings (SSSR count). The highest BCUT2D eigenvalue weighted by atomic mass is 35.5. The fraction of sp³-hybridized carbons (Fsp3) is 0.429. The van der Waals surface area contributed by atoms with Crippen LogP contribution >= 0.6 is 23.4 Å². The summed E-state index contributed by atoms with van der Waals surface area (Å²) in [5.41, 5.74) is 0.939. The molecule has 0 aromatic heterocycles. The van der Waals surface area contributed by atoms with Gasteiger partial charge in [-0.2, -0.15) is 0 Å². The van der Waals surface area contributed by atoms with Gasteiger partial charge < -0.3 is 15.0 Å². The molecule has 0 spiro atoms. The third kappa shape index (κ3) is 3.90. The second-order valence-electron chi connectivity index (χ2n) is 4.77. The SMILES string of the molecule is COC[C@@H](c1ccc(Cl)cc1)N(C)C(=O)[C@@H]1CSC(=O)N1. The van der Waals surface area contributed by atoms with Gasteiger partial charge >= 0.3 is 0 Å². The molecule has 2 atom stereocenters. The number of nitrogens with one attached hydrogen (secondary N) is 1. The number of ether oxygens (including phenoxy) is 1. The molecule has 0 saturated carbocycles. The van der Waals surface area contributed by atoms with Gasteiger partial charge in [-0.05, 0) is 17.7 Å². The van der Waals surface area contributed by atoms with Crippen LogP contribution in [0.1, 0.15) is 11.6 Å². The molecule has 1 fully saturated rings.